The molecule has 29 heavy (non-hydrogen) atoms. The zero-order valence-electron chi connectivity index (χ0n) is 16.1. The second-order valence-corrected chi connectivity index (χ2v) is 9.34. The number of carbonyl (C=O) groups excluding carboxylic acids is 1. The van der Waals surface area contributed by atoms with Crippen LogP contribution in [-0.4, -0.2) is 27.6 Å². The highest BCUT2D eigenvalue weighted by Gasteiger charge is 2.18. The third-order valence-corrected chi connectivity index (χ3v) is 7.99. The Morgan fingerprint density at radius 2 is 1.14 bits per heavy atom. The predicted molar refractivity (Wildman–Crippen MR) is 121 cm³/mol. The van der Waals surface area contributed by atoms with Gasteiger partial charge in [0.2, 0.25) is 0 Å². The molecular weight excluding hydrogens is 424 g/mol. The van der Waals surface area contributed by atoms with Crippen LogP contribution < -0.4 is 14.2 Å². The molecule has 0 spiro atoms. The molecule has 3 heterocycles. The SMILES string of the molecule is COc1cc(OC)c(-c2ccc(-c3ccc(-c4ccc(C=O)s4)s3)s2)c(OC)c1. The fourth-order valence-corrected chi connectivity index (χ4v) is 6.07. The number of aldehydes is 1. The second-order valence-electron chi connectivity index (χ2n) is 6.05. The average molecular weight is 443 g/mol. The van der Waals surface area contributed by atoms with Gasteiger partial charge in [-0.05, 0) is 36.4 Å². The molecule has 1 aromatic carbocycles. The highest BCUT2D eigenvalue weighted by Crippen LogP contribution is 2.47. The van der Waals surface area contributed by atoms with Crippen LogP contribution in [-0.2, 0) is 0 Å². The quantitative estimate of drug-likeness (QED) is 0.298. The summed E-state index contributed by atoms with van der Waals surface area (Å²) in [5.74, 6) is 2.11. The van der Waals surface area contributed by atoms with E-state index < -0.39 is 0 Å². The number of ether oxygens (including phenoxy) is 3. The molecular formula is C22H18O4S3. The molecule has 0 unspecified atom stereocenters. The summed E-state index contributed by atoms with van der Waals surface area (Å²) < 4.78 is 16.5. The Morgan fingerprint density at radius 1 is 0.655 bits per heavy atom. The molecule has 0 amide bonds. The van der Waals surface area contributed by atoms with E-state index in [4.69, 9.17) is 14.2 Å². The largest absolute Gasteiger partial charge is 0.496 e. The number of hydrogen-bond donors (Lipinski definition) is 0. The number of methoxy groups -OCH3 is 3. The van der Waals surface area contributed by atoms with Crippen molar-refractivity contribution in [3.63, 3.8) is 0 Å². The van der Waals surface area contributed by atoms with E-state index in [0.717, 1.165) is 31.4 Å². The van der Waals surface area contributed by atoms with Crippen molar-refractivity contribution in [2.75, 3.05) is 21.3 Å². The Kier molecular flexibility index (Phi) is 5.71. The molecule has 3 aromatic heterocycles. The van der Waals surface area contributed by atoms with Crippen LogP contribution in [0.2, 0.25) is 0 Å². The summed E-state index contributed by atoms with van der Waals surface area (Å²) in [6.07, 6.45) is 0.893. The third-order valence-electron chi connectivity index (χ3n) is 4.40. The van der Waals surface area contributed by atoms with Gasteiger partial charge < -0.3 is 14.2 Å². The van der Waals surface area contributed by atoms with Crippen LogP contribution in [0.15, 0.2) is 48.5 Å². The summed E-state index contributed by atoms with van der Waals surface area (Å²) in [5, 5.41) is 0. The molecule has 0 radical (unpaired) electrons. The topological polar surface area (TPSA) is 44.8 Å². The fourth-order valence-electron chi connectivity index (χ4n) is 3.00. The van der Waals surface area contributed by atoms with Gasteiger partial charge in [0.25, 0.3) is 0 Å². The van der Waals surface area contributed by atoms with Gasteiger partial charge >= 0.3 is 0 Å². The minimum Gasteiger partial charge on any atom is -0.496 e. The molecule has 7 heteroatoms. The minimum absolute atomic E-state index is 0.688. The van der Waals surface area contributed by atoms with Gasteiger partial charge in [-0.2, -0.15) is 0 Å². The van der Waals surface area contributed by atoms with Crippen LogP contribution in [0.25, 0.3) is 29.9 Å². The van der Waals surface area contributed by atoms with E-state index in [0.29, 0.717) is 17.2 Å². The molecule has 148 valence electrons. The molecule has 0 saturated carbocycles. The van der Waals surface area contributed by atoms with Crippen molar-refractivity contribution in [3.8, 4) is 47.2 Å². The maximum atomic E-state index is 10.9. The summed E-state index contributed by atoms with van der Waals surface area (Å²) in [5.41, 5.74) is 0.915. The molecule has 4 nitrogen and oxygen atoms in total. The Labute approximate surface area is 180 Å². The highest BCUT2D eigenvalue weighted by atomic mass is 32.1. The minimum atomic E-state index is 0.688. The first-order valence-electron chi connectivity index (χ1n) is 8.72. The van der Waals surface area contributed by atoms with Gasteiger partial charge in [-0.3, -0.25) is 4.79 Å². The van der Waals surface area contributed by atoms with E-state index in [9.17, 15) is 4.79 Å². The molecule has 0 N–H and O–H groups in total. The Balaban J connectivity index is 1.70. The lowest BCUT2D eigenvalue weighted by atomic mass is 10.1. The van der Waals surface area contributed by atoms with E-state index >= 15 is 0 Å². The number of benzene rings is 1. The summed E-state index contributed by atoms with van der Waals surface area (Å²) in [4.78, 5) is 17.4. The van der Waals surface area contributed by atoms with Crippen LogP contribution in [0.1, 0.15) is 9.67 Å². The zero-order chi connectivity index (χ0) is 20.4. The van der Waals surface area contributed by atoms with Crippen LogP contribution in [0.3, 0.4) is 0 Å². The van der Waals surface area contributed by atoms with Crippen molar-refractivity contribution in [2.45, 2.75) is 0 Å². The first kappa shape index (κ1) is 19.7. The summed E-state index contributed by atoms with van der Waals surface area (Å²) in [7, 11) is 4.91. The van der Waals surface area contributed by atoms with Crippen molar-refractivity contribution >= 4 is 40.3 Å². The summed E-state index contributed by atoms with van der Waals surface area (Å²) in [6.45, 7) is 0. The number of rotatable bonds is 7. The highest BCUT2D eigenvalue weighted by molar-refractivity contribution is 7.27. The monoisotopic (exact) mass is 442 g/mol. The van der Waals surface area contributed by atoms with E-state index in [1.807, 2.05) is 24.3 Å². The van der Waals surface area contributed by atoms with Gasteiger partial charge in [0, 0.05) is 36.5 Å². The average Bonchev–Trinajstić information content (AvgIpc) is 3.51. The Bertz CT molecular complexity index is 1130. The lowest BCUT2D eigenvalue weighted by Crippen LogP contribution is -1.94. The summed E-state index contributed by atoms with van der Waals surface area (Å²) in [6, 6.07) is 16.0. The van der Waals surface area contributed by atoms with Gasteiger partial charge in [0.15, 0.2) is 6.29 Å². The Hall–Kier alpha value is -2.61. The number of carbonyl (C=O) groups is 1. The van der Waals surface area contributed by atoms with E-state index in [1.54, 1.807) is 44.0 Å². The molecule has 0 aliphatic heterocycles. The van der Waals surface area contributed by atoms with Crippen LogP contribution in [0.5, 0.6) is 17.2 Å². The molecule has 0 aliphatic carbocycles. The first-order chi connectivity index (χ1) is 14.2. The first-order valence-corrected chi connectivity index (χ1v) is 11.2. The van der Waals surface area contributed by atoms with Gasteiger partial charge in [-0.15, -0.1) is 34.0 Å². The smallest absolute Gasteiger partial charge is 0.160 e. The molecule has 4 rings (SSSR count). The zero-order valence-corrected chi connectivity index (χ0v) is 18.5. The third kappa shape index (κ3) is 3.81. The Morgan fingerprint density at radius 3 is 1.62 bits per heavy atom. The maximum Gasteiger partial charge on any atom is 0.160 e. The number of thiophene rings is 3. The van der Waals surface area contributed by atoms with Crippen molar-refractivity contribution in [1.82, 2.24) is 0 Å². The van der Waals surface area contributed by atoms with Crippen molar-refractivity contribution in [1.29, 1.82) is 0 Å². The standard InChI is InChI=1S/C22H18O4S3/c1-24-13-10-15(25-2)22(16(11-13)26-3)21-9-8-20(29-21)19-7-6-18(28-19)17-5-4-14(12-23)27-17/h4-12H,1-3H3. The second kappa shape index (κ2) is 8.41. The van der Waals surface area contributed by atoms with Gasteiger partial charge in [0.05, 0.1) is 31.8 Å². The molecule has 0 saturated heterocycles. The number of hydrogen-bond acceptors (Lipinski definition) is 7. The normalized spacial score (nSPS) is 10.7. The van der Waals surface area contributed by atoms with E-state index in [1.165, 1.54) is 21.1 Å². The van der Waals surface area contributed by atoms with E-state index in [2.05, 4.69) is 24.3 Å². The lowest BCUT2D eigenvalue weighted by molar-refractivity contribution is 0.112. The molecule has 0 fully saturated rings. The lowest BCUT2D eigenvalue weighted by Gasteiger charge is -2.13. The van der Waals surface area contributed by atoms with Crippen molar-refractivity contribution in [2.24, 2.45) is 0 Å². The molecule has 0 atom stereocenters. The van der Waals surface area contributed by atoms with Crippen LogP contribution >= 0.6 is 34.0 Å². The summed E-state index contributed by atoms with van der Waals surface area (Å²) >= 11 is 4.92. The van der Waals surface area contributed by atoms with Gasteiger partial charge in [-0.25, -0.2) is 0 Å². The van der Waals surface area contributed by atoms with Crippen LogP contribution in [0, 0.1) is 0 Å². The van der Waals surface area contributed by atoms with E-state index in [-0.39, 0.29) is 0 Å². The molecule has 0 aliphatic rings. The maximum absolute atomic E-state index is 10.9. The van der Waals surface area contributed by atoms with Crippen LogP contribution in [0.4, 0.5) is 0 Å². The van der Waals surface area contributed by atoms with Gasteiger partial charge in [-0.1, -0.05) is 0 Å². The molecule has 4 aromatic rings. The van der Waals surface area contributed by atoms with Crippen molar-refractivity contribution < 1.29 is 19.0 Å². The molecule has 0 bridgehead atoms. The van der Waals surface area contributed by atoms with Crippen molar-refractivity contribution in [3.05, 3.63) is 53.4 Å². The fraction of sp³-hybridized carbons (Fsp3) is 0.136. The van der Waals surface area contributed by atoms with Gasteiger partial charge in [0.1, 0.15) is 17.2 Å². The predicted octanol–water partition coefficient (Wildman–Crippen LogP) is 6.71.